The van der Waals surface area contributed by atoms with Crippen molar-refractivity contribution in [1.29, 1.82) is 0 Å². The van der Waals surface area contributed by atoms with E-state index in [0.29, 0.717) is 0 Å². The van der Waals surface area contributed by atoms with E-state index in [1.165, 1.54) is 16.0 Å². The van der Waals surface area contributed by atoms with E-state index >= 15 is 0 Å². The van der Waals surface area contributed by atoms with Gasteiger partial charge in [0.15, 0.2) is 5.16 Å². The van der Waals surface area contributed by atoms with Crippen LogP contribution < -0.4 is 0 Å². The van der Waals surface area contributed by atoms with E-state index in [-0.39, 0.29) is 0 Å². The molecule has 0 aliphatic rings. The summed E-state index contributed by atoms with van der Waals surface area (Å²) in [6, 6.07) is 29.4. The third kappa shape index (κ3) is 4.66. The van der Waals surface area contributed by atoms with Gasteiger partial charge in [0, 0.05) is 16.3 Å². The third-order valence-electron chi connectivity index (χ3n) is 4.28. The largest absolute Gasteiger partial charge is 0.273 e. The van der Waals surface area contributed by atoms with Crippen molar-refractivity contribution in [2.24, 2.45) is 0 Å². The van der Waals surface area contributed by atoms with Crippen LogP contribution in [0.1, 0.15) is 17.0 Å². The SMILES string of the molecule is Cc1cccc(CSc2nnc(CSc3ccccc3)n2-c2ccccc2)c1. The molecule has 3 aromatic carbocycles. The first-order valence-electron chi connectivity index (χ1n) is 9.15. The van der Waals surface area contributed by atoms with Crippen molar-refractivity contribution >= 4 is 23.5 Å². The van der Waals surface area contributed by atoms with Crippen molar-refractivity contribution in [3.05, 3.63) is 102 Å². The molecular weight excluding hydrogens is 382 g/mol. The molecule has 0 spiro atoms. The van der Waals surface area contributed by atoms with Crippen LogP contribution in [-0.4, -0.2) is 14.8 Å². The summed E-state index contributed by atoms with van der Waals surface area (Å²) in [5, 5.41) is 9.94. The van der Waals surface area contributed by atoms with Crippen molar-refractivity contribution < 1.29 is 0 Å². The Morgan fingerprint density at radius 3 is 2.25 bits per heavy atom. The Morgan fingerprint density at radius 1 is 0.750 bits per heavy atom. The Morgan fingerprint density at radius 2 is 1.50 bits per heavy atom. The lowest BCUT2D eigenvalue weighted by atomic mass is 10.2. The van der Waals surface area contributed by atoms with Crippen LogP contribution in [0.4, 0.5) is 0 Å². The molecule has 0 saturated carbocycles. The molecule has 0 bridgehead atoms. The van der Waals surface area contributed by atoms with Crippen LogP contribution in [0.3, 0.4) is 0 Å². The lowest BCUT2D eigenvalue weighted by Crippen LogP contribution is -2.01. The zero-order chi connectivity index (χ0) is 19.2. The molecule has 1 heterocycles. The van der Waals surface area contributed by atoms with Gasteiger partial charge < -0.3 is 0 Å². The van der Waals surface area contributed by atoms with Crippen LogP contribution in [0.15, 0.2) is 95.0 Å². The lowest BCUT2D eigenvalue weighted by Gasteiger charge is -2.10. The Labute approximate surface area is 174 Å². The molecule has 0 radical (unpaired) electrons. The quantitative estimate of drug-likeness (QED) is 0.346. The van der Waals surface area contributed by atoms with Gasteiger partial charge in [-0.2, -0.15) is 0 Å². The maximum atomic E-state index is 4.51. The van der Waals surface area contributed by atoms with Crippen molar-refractivity contribution in [2.45, 2.75) is 28.5 Å². The molecular formula is C23H21N3S2. The Bertz CT molecular complexity index is 1030. The minimum atomic E-state index is 0.775. The van der Waals surface area contributed by atoms with E-state index in [4.69, 9.17) is 0 Å². The van der Waals surface area contributed by atoms with Gasteiger partial charge in [0.2, 0.25) is 0 Å². The Balaban J connectivity index is 1.58. The van der Waals surface area contributed by atoms with E-state index in [1.54, 1.807) is 23.5 Å². The van der Waals surface area contributed by atoms with Gasteiger partial charge in [0.05, 0.1) is 5.75 Å². The maximum Gasteiger partial charge on any atom is 0.196 e. The second-order valence-electron chi connectivity index (χ2n) is 6.45. The molecule has 0 amide bonds. The fourth-order valence-corrected chi connectivity index (χ4v) is 4.68. The van der Waals surface area contributed by atoms with Crippen LogP contribution in [0.25, 0.3) is 5.69 Å². The van der Waals surface area contributed by atoms with Crippen molar-refractivity contribution in [3.63, 3.8) is 0 Å². The van der Waals surface area contributed by atoms with E-state index in [0.717, 1.165) is 28.2 Å². The second-order valence-corrected chi connectivity index (χ2v) is 8.44. The first-order chi connectivity index (χ1) is 13.8. The first kappa shape index (κ1) is 18.8. The van der Waals surface area contributed by atoms with E-state index < -0.39 is 0 Å². The normalized spacial score (nSPS) is 10.9. The molecule has 0 fully saturated rings. The van der Waals surface area contributed by atoms with Crippen LogP contribution in [0.5, 0.6) is 0 Å². The average molecular weight is 404 g/mol. The average Bonchev–Trinajstić information content (AvgIpc) is 3.15. The van der Waals surface area contributed by atoms with Gasteiger partial charge in [-0.3, -0.25) is 4.57 Å². The maximum absolute atomic E-state index is 4.51. The lowest BCUT2D eigenvalue weighted by molar-refractivity contribution is 0.864. The number of aryl methyl sites for hydroxylation is 1. The highest BCUT2D eigenvalue weighted by Crippen LogP contribution is 2.28. The highest BCUT2D eigenvalue weighted by atomic mass is 32.2. The zero-order valence-corrected chi connectivity index (χ0v) is 17.3. The summed E-state index contributed by atoms with van der Waals surface area (Å²) in [7, 11) is 0. The smallest absolute Gasteiger partial charge is 0.196 e. The second kappa shape index (κ2) is 9.13. The van der Waals surface area contributed by atoms with Gasteiger partial charge in [0.25, 0.3) is 0 Å². The topological polar surface area (TPSA) is 30.7 Å². The third-order valence-corrected chi connectivity index (χ3v) is 6.28. The highest BCUT2D eigenvalue weighted by molar-refractivity contribution is 7.98. The summed E-state index contributed by atoms with van der Waals surface area (Å²) in [5.41, 5.74) is 3.68. The molecule has 140 valence electrons. The van der Waals surface area contributed by atoms with Crippen LogP contribution in [-0.2, 0) is 11.5 Å². The molecule has 0 aliphatic carbocycles. The minimum Gasteiger partial charge on any atom is -0.273 e. The predicted octanol–water partition coefficient (Wildman–Crippen LogP) is 6.16. The van der Waals surface area contributed by atoms with Crippen LogP contribution in [0, 0.1) is 6.92 Å². The summed E-state index contributed by atoms with van der Waals surface area (Å²) in [4.78, 5) is 1.24. The highest BCUT2D eigenvalue weighted by Gasteiger charge is 2.15. The fraction of sp³-hybridized carbons (Fsp3) is 0.130. The van der Waals surface area contributed by atoms with E-state index in [2.05, 4.69) is 94.5 Å². The number of rotatable bonds is 7. The van der Waals surface area contributed by atoms with Crippen molar-refractivity contribution in [3.8, 4) is 5.69 Å². The molecule has 1 aromatic heterocycles. The number of hydrogen-bond donors (Lipinski definition) is 0. The molecule has 5 heteroatoms. The van der Waals surface area contributed by atoms with Crippen molar-refractivity contribution in [1.82, 2.24) is 14.8 Å². The summed E-state index contributed by atoms with van der Waals surface area (Å²) in [6.45, 7) is 2.12. The Hall–Kier alpha value is -2.50. The standard InChI is InChI=1S/C23H21N3S2/c1-18-9-8-10-19(15-18)16-28-23-25-24-22(17-27-21-13-6-3-7-14-21)26(23)20-11-4-2-5-12-20/h2-15H,16-17H2,1H3. The molecule has 4 aromatic rings. The molecule has 4 rings (SSSR count). The Kier molecular flexibility index (Phi) is 6.14. The summed E-state index contributed by atoms with van der Waals surface area (Å²) >= 11 is 3.51. The predicted molar refractivity (Wildman–Crippen MR) is 118 cm³/mol. The number of hydrogen-bond acceptors (Lipinski definition) is 4. The monoisotopic (exact) mass is 403 g/mol. The van der Waals surface area contributed by atoms with Gasteiger partial charge in [-0.15, -0.1) is 22.0 Å². The van der Waals surface area contributed by atoms with Crippen molar-refractivity contribution in [2.75, 3.05) is 0 Å². The van der Waals surface area contributed by atoms with Gasteiger partial charge in [-0.05, 0) is 36.8 Å². The van der Waals surface area contributed by atoms with E-state index in [9.17, 15) is 0 Å². The number of thioether (sulfide) groups is 2. The molecule has 0 unspecified atom stereocenters. The number of aromatic nitrogens is 3. The molecule has 0 atom stereocenters. The van der Waals surface area contributed by atoms with Gasteiger partial charge >= 0.3 is 0 Å². The first-order valence-corrected chi connectivity index (χ1v) is 11.1. The summed E-state index contributed by atoms with van der Waals surface area (Å²) in [6.07, 6.45) is 0. The fourth-order valence-electron chi connectivity index (χ4n) is 2.94. The minimum absolute atomic E-state index is 0.775. The zero-order valence-electron chi connectivity index (χ0n) is 15.7. The van der Waals surface area contributed by atoms with Crippen LogP contribution in [0.2, 0.25) is 0 Å². The van der Waals surface area contributed by atoms with Crippen LogP contribution >= 0.6 is 23.5 Å². The number of benzene rings is 3. The van der Waals surface area contributed by atoms with Gasteiger partial charge in [-0.25, -0.2) is 0 Å². The molecule has 28 heavy (non-hydrogen) atoms. The van der Waals surface area contributed by atoms with E-state index in [1.807, 2.05) is 12.1 Å². The molecule has 0 N–H and O–H groups in total. The number of nitrogens with zero attached hydrogens (tertiary/aromatic N) is 3. The number of para-hydroxylation sites is 1. The van der Waals surface area contributed by atoms with Gasteiger partial charge in [-0.1, -0.05) is 78.0 Å². The molecule has 0 aliphatic heterocycles. The summed E-state index contributed by atoms with van der Waals surface area (Å²) in [5.74, 6) is 2.61. The molecule has 3 nitrogen and oxygen atoms in total. The molecule has 0 saturated heterocycles. The van der Waals surface area contributed by atoms with Gasteiger partial charge in [0.1, 0.15) is 5.82 Å². The summed E-state index contributed by atoms with van der Waals surface area (Å²) < 4.78 is 2.18.